The molecule has 7 nitrogen and oxygen atoms in total. The molecule has 0 aliphatic carbocycles. The fraction of sp³-hybridized carbons (Fsp3) is 0.318. The molecular weight excluding hydrogens is 370 g/mol. The Morgan fingerprint density at radius 3 is 2.38 bits per heavy atom. The first-order chi connectivity index (χ1) is 14.0. The van der Waals surface area contributed by atoms with Gasteiger partial charge in [0.1, 0.15) is 0 Å². The van der Waals surface area contributed by atoms with Crippen LogP contribution < -0.4 is 16.4 Å². The first kappa shape index (κ1) is 21.9. The van der Waals surface area contributed by atoms with Gasteiger partial charge in [0.15, 0.2) is 6.10 Å². The van der Waals surface area contributed by atoms with Gasteiger partial charge in [-0.15, -0.1) is 0 Å². The number of esters is 1. The highest BCUT2D eigenvalue weighted by molar-refractivity contribution is 5.98. The molecule has 2 rings (SSSR count). The van der Waals surface area contributed by atoms with Crippen LogP contribution in [0.15, 0.2) is 54.6 Å². The molecule has 0 bridgehead atoms. The van der Waals surface area contributed by atoms with E-state index in [1.54, 1.807) is 6.92 Å². The number of hydrogen-bond donors (Lipinski definition) is 3. The van der Waals surface area contributed by atoms with Crippen molar-refractivity contribution in [2.75, 3.05) is 11.9 Å². The Morgan fingerprint density at radius 1 is 0.966 bits per heavy atom. The molecule has 0 heterocycles. The third-order valence-electron chi connectivity index (χ3n) is 4.30. The minimum atomic E-state index is -0.900. The molecule has 29 heavy (non-hydrogen) atoms. The van der Waals surface area contributed by atoms with Gasteiger partial charge in [-0.25, -0.2) is 4.79 Å². The predicted molar refractivity (Wildman–Crippen MR) is 112 cm³/mol. The maximum Gasteiger partial charge on any atom is 0.312 e. The summed E-state index contributed by atoms with van der Waals surface area (Å²) in [6, 6.07) is 16.7. The summed E-state index contributed by atoms with van der Waals surface area (Å²) in [4.78, 5) is 35.0. The number of ether oxygens (including phenoxy) is 1. The van der Waals surface area contributed by atoms with E-state index in [2.05, 4.69) is 10.6 Å². The number of carbonyl (C=O) groups is 3. The number of urea groups is 1. The number of anilines is 1. The quantitative estimate of drug-likeness (QED) is 0.421. The lowest BCUT2D eigenvalue weighted by atomic mass is 10.0. The molecule has 2 aromatic rings. The number of nitrogens with one attached hydrogen (secondary N) is 2. The van der Waals surface area contributed by atoms with Crippen LogP contribution in [0.5, 0.6) is 0 Å². The Balaban J connectivity index is 1.81. The van der Waals surface area contributed by atoms with Crippen molar-refractivity contribution in [2.45, 2.75) is 38.7 Å². The summed E-state index contributed by atoms with van der Waals surface area (Å²) in [5.41, 5.74) is 7.51. The lowest BCUT2D eigenvalue weighted by Gasteiger charge is -2.16. The molecule has 0 aliphatic rings. The Labute approximate surface area is 170 Å². The van der Waals surface area contributed by atoms with E-state index in [9.17, 15) is 14.4 Å². The number of para-hydroxylation sites is 1. The summed E-state index contributed by atoms with van der Waals surface area (Å²) >= 11 is 0. The van der Waals surface area contributed by atoms with Crippen molar-refractivity contribution in [3.05, 3.63) is 54.6 Å². The number of benzene rings is 2. The van der Waals surface area contributed by atoms with Crippen molar-refractivity contribution in [1.82, 2.24) is 5.32 Å². The highest BCUT2D eigenvalue weighted by atomic mass is 16.5. The van der Waals surface area contributed by atoms with Crippen molar-refractivity contribution >= 4 is 23.6 Å². The molecule has 0 fully saturated rings. The second kappa shape index (κ2) is 11.5. The maximum atomic E-state index is 12.5. The second-order valence-electron chi connectivity index (χ2n) is 6.63. The van der Waals surface area contributed by atoms with Gasteiger partial charge in [0.2, 0.25) is 0 Å². The molecule has 0 unspecified atom stereocenters. The zero-order chi connectivity index (χ0) is 21.1. The van der Waals surface area contributed by atoms with Gasteiger partial charge in [-0.05, 0) is 31.4 Å². The number of amides is 3. The number of primary amides is 1. The number of rotatable bonds is 10. The molecule has 4 N–H and O–H groups in total. The Hall–Kier alpha value is -3.35. The van der Waals surface area contributed by atoms with Crippen LogP contribution in [0, 0.1) is 0 Å². The molecular formula is C22H27N3O4. The predicted octanol–water partition coefficient (Wildman–Crippen LogP) is 3.45. The first-order valence-corrected chi connectivity index (χ1v) is 9.65. The number of unbranched alkanes of at least 4 members (excludes halogenated alkanes) is 2. The first-order valence-electron chi connectivity index (χ1n) is 9.65. The topological polar surface area (TPSA) is 111 Å². The smallest absolute Gasteiger partial charge is 0.312 e. The standard InChI is InChI=1S/C22H27N3O4/c1-16(29-20(26)14-6-3-9-15-24-22(23)28)21(27)25-19-13-8-7-12-18(19)17-10-4-2-5-11-17/h2,4-5,7-8,10-13,16H,3,6,9,14-15H2,1H3,(H,25,27)(H3,23,24,28)/t16-/m1/s1. The molecule has 0 saturated heterocycles. The molecule has 0 aromatic heterocycles. The van der Waals surface area contributed by atoms with E-state index >= 15 is 0 Å². The molecule has 7 heteroatoms. The summed E-state index contributed by atoms with van der Waals surface area (Å²) in [5.74, 6) is -0.806. The number of nitrogens with two attached hydrogens (primary N) is 1. The summed E-state index contributed by atoms with van der Waals surface area (Å²) in [6.07, 6.45) is 1.41. The third kappa shape index (κ3) is 7.65. The van der Waals surface area contributed by atoms with Crippen molar-refractivity contribution in [2.24, 2.45) is 5.73 Å². The van der Waals surface area contributed by atoms with Crippen LogP contribution >= 0.6 is 0 Å². The second-order valence-corrected chi connectivity index (χ2v) is 6.63. The highest BCUT2D eigenvalue weighted by Gasteiger charge is 2.19. The van der Waals surface area contributed by atoms with E-state index in [-0.39, 0.29) is 12.3 Å². The van der Waals surface area contributed by atoms with E-state index in [4.69, 9.17) is 10.5 Å². The van der Waals surface area contributed by atoms with Crippen molar-refractivity contribution < 1.29 is 19.1 Å². The average molecular weight is 397 g/mol. The Kier molecular flexibility index (Phi) is 8.69. The van der Waals surface area contributed by atoms with Crippen LogP contribution in [-0.4, -0.2) is 30.6 Å². The number of carbonyl (C=O) groups excluding carboxylic acids is 3. The van der Waals surface area contributed by atoms with E-state index in [0.29, 0.717) is 18.7 Å². The van der Waals surface area contributed by atoms with E-state index in [1.807, 2.05) is 54.6 Å². The van der Waals surface area contributed by atoms with Gasteiger partial charge in [-0.3, -0.25) is 9.59 Å². The molecule has 3 amide bonds. The largest absolute Gasteiger partial charge is 0.453 e. The lowest BCUT2D eigenvalue weighted by molar-refractivity contribution is -0.153. The molecule has 0 saturated carbocycles. The van der Waals surface area contributed by atoms with Crippen LogP contribution in [0.1, 0.15) is 32.6 Å². The Bertz CT molecular complexity index is 824. The molecule has 0 aliphatic heterocycles. The minimum absolute atomic E-state index is 0.217. The van der Waals surface area contributed by atoms with E-state index < -0.39 is 18.1 Å². The fourth-order valence-electron chi connectivity index (χ4n) is 2.79. The van der Waals surface area contributed by atoms with Gasteiger partial charge in [0.05, 0.1) is 0 Å². The zero-order valence-electron chi connectivity index (χ0n) is 16.5. The Morgan fingerprint density at radius 2 is 1.66 bits per heavy atom. The van der Waals surface area contributed by atoms with Gasteiger partial charge >= 0.3 is 12.0 Å². The van der Waals surface area contributed by atoms with Crippen molar-refractivity contribution in [3.63, 3.8) is 0 Å². The van der Waals surface area contributed by atoms with Crippen molar-refractivity contribution in [3.8, 4) is 11.1 Å². The van der Waals surface area contributed by atoms with E-state index in [1.165, 1.54) is 0 Å². The fourth-order valence-corrected chi connectivity index (χ4v) is 2.79. The van der Waals surface area contributed by atoms with Crippen LogP contribution in [-0.2, 0) is 14.3 Å². The maximum absolute atomic E-state index is 12.5. The molecule has 0 spiro atoms. The summed E-state index contributed by atoms with van der Waals surface area (Å²) in [6.45, 7) is 2.03. The van der Waals surface area contributed by atoms with Crippen LogP contribution in [0.25, 0.3) is 11.1 Å². The van der Waals surface area contributed by atoms with Crippen LogP contribution in [0.4, 0.5) is 10.5 Å². The van der Waals surface area contributed by atoms with Gasteiger partial charge in [0, 0.05) is 24.2 Å². The van der Waals surface area contributed by atoms with Crippen LogP contribution in [0.3, 0.4) is 0 Å². The van der Waals surface area contributed by atoms with Gasteiger partial charge < -0.3 is 21.1 Å². The normalized spacial score (nSPS) is 11.3. The van der Waals surface area contributed by atoms with E-state index in [0.717, 1.165) is 24.0 Å². The zero-order valence-corrected chi connectivity index (χ0v) is 16.5. The third-order valence-corrected chi connectivity index (χ3v) is 4.30. The summed E-state index contributed by atoms with van der Waals surface area (Å²) in [5, 5.41) is 5.33. The monoisotopic (exact) mass is 397 g/mol. The summed E-state index contributed by atoms with van der Waals surface area (Å²) < 4.78 is 5.23. The SMILES string of the molecule is C[C@@H](OC(=O)CCCCCNC(N)=O)C(=O)Nc1ccccc1-c1ccccc1. The minimum Gasteiger partial charge on any atom is -0.453 e. The molecule has 2 aromatic carbocycles. The molecule has 1 atom stereocenters. The van der Waals surface area contributed by atoms with Crippen LogP contribution in [0.2, 0.25) is 0 Å². The average Bonchev–Trinajstić information content (AvgIpc) is 2.71. The number of hydrogen-bond acceptors (Lipinski definition) is 4. The van der Waals surface area contributed by atoms with Gasteiger partial charge in [-0.1, -0.05) is 55.0 Å². The van der Waals surface area contributed by atoms with Gasteiger partial charge in [-0.2, -0.15) is 0 Å². The summed E-state index contributed by atoms with van der Waals surface area (Å²) in [7, 11) is 0. The lowest BCUT2D eigenvalue weighted by Crippen LogP contribution is -2.30. The molecule has 0 radical (unpaired) electrons. The highest BCUT2D eigenvalue weighted by Crippen LogP contribution is 2.27. The van der Waals surface area contributed by atoms with Gasteiger partial charge in [0.25, 0.3) is 5.91 Å². The molecule has 154 valence electrons. The van der Waals surface area contributed by atoms with Crippen molar-refractivity contribution in [1.29, 1.82) is 0 Å².